The van der Waals surface area contributed by atoms with Gasteiger partial charge in [-0.05, 0) is 36.6 Å². The number of carbonyl (C=O) groups is 2. The fourth-order valence-electron chi connectivity index (χ4n) is 2.86. The Balaban J connectivity index is 1.78. The van der Waals surface area contributed by atoms with Gasteiger partial charge in [0.15, 0.2) is 0 Å². The highest BCUT2D eigenvalue weighted by Crippen LogP contribution is 2.60. The van der Waals surface area contributed by atoms with Crippen LogP contribution in [0.5, 0.6) is 0 Å². The van der Waals surface area contributed by atoms with Gasteiger partial charge in [0.25, 0.3) is 5.91 Å². The highest BCUT2D eigenvalue weighted by atomic mass is 35.5. The van der Waals surface area contributed by atoms with Gasteiger partial charge >= 0.3 is 12.2 Å². The van der Waals surface area contributed by atoms with Crippen molar-refractivity contribution in [2.45, 2.75) is 24.4 Å². The van der Waals surface area contributed by atoms with Gasteiger partial charge in [-0.2, -0.15) is 13.2 Å². The van der Waals surface area contributed by atoms with Gasteiger partial charge in [0.2, 0.25) is 0 Å². The minimum atomic E-state index is -4.47. The van der Waals surface area contributed by atoms with E-state index in [9.17, 15) is 27.2 Å². The van der Waals surface area contributed by atoms with E-state index in [1.54, 1.807) is 0 Å². The first-order valence-electron chi connectivity index (χ1n) is 7.98. The van der Waals surface area contributed by atoms with E-state index in [1.165, 1.54) is 24.3 Å². The molecule has 0 bridgehead atoms. The minimum Gasteiger partial charge on any atom is -0.307 e. The number of benzene rings is 2. The number of halogens is 6. The summed E-state index contributed by atoms with van der Waals surface area (Å²) >= 11 is 11.4. The second kappa shape index (κ2) is 7.25. The molecule has 1 saturated carbocycles. The predicted molar refractivity (Wildman–Crippen MR) is 96.3 cm³/mol. The van der Waals surface area contributed by atoms with Crippen LogP contribution < -0.4 is 10.6 Å². The standard InChI is InChI=1S/C18H12Cl2F4N2O2/c19-11-8-12(20)13(21)7-9(11)15(27)26-16(28)25-14-4-2-1-3-10(14)17(5-6-17)18(22,23)24/h1-4,7-8H,5-6H2,(H2,25,26,27,28). The molecule has 0 aliphatic heterocycles. The molecule has 2 aromatic carbocycles. The smallest absolute Gasteiger partial charge is 0.307 e. The van der Waals surface area contributed by atoms with Gasteiger partial charge in [-0.3, -0.25) is 10.1 Å². The summed E-state index contributed by atoms with van der Waals surface area (Å²) in [6, 6.07) is 6.15. The number of hydrogen-bond donors (Lipinski definition) is 2. The van der Waals surface area contributed by atoms with E-state index in [0.29, 0.717) is 0 Å². The summed E-state index contributed by atoms with van der Waals surface area (Å²) in [7, 11) is 0. The molecule has 1 aliphatic carbocycles. The number of urea groups is 1. The van der Waals surface area contributed by atoms with Crippen molar-refractivity contribution in [3.8, 4) is 0 Å². The van der Waals surface area contributed by atoms with Crippen LogP contribution in [0.3, 0.4) is 0 Å². The number of amides is 3. The highest BCUT2D eigenvalue weighted by molar-refractivity contribution is 6.37. The maximum Gasteiger partial charge on any atom is 0.398 e. The Kier molecular flexibility index (Phi) is 5.29. The molecule has 2 aromatic rings. The van der Waals surface area contributed by atoms with E-state index in [-0.39, 0.29) is 39.7 Å². The predicted octanol–water partition coefficient (Wildman–Crippen LogP) is 5.69. The lowest BCUT2D eigenvalue weighted by Gasteiger charge is -2.22. The summed E-state index contributed by atoms with van der Waals surface area (Å²) in [5.74, 6) is -1.95. The normalized spacial score (nSPS) is 15.1. The zero-order chi connectivity index (χ0) is 20.7. The molecule has 0 heterocycles. The molecule has 0 aromatic heterocycles. The van der Waals surface area contributed by atoms with Crippen LogP contribution >= 0.6 is 23.2 Å². The van der Waals surface area contributed by atoms with Crippen LogP contribution in [0.2, 0.25) is 10.0 Å². The average Bonchev–Trinajstić information content (AvgIpc) is 3.40. The summed E-state index contributed by atoms with van der Waals surface area (Å²) in [6.45, 7) is 0. The Morgan fingerprint density at radius 2 is 1.68 bits per heavy atom. The molecule has 0 spiro atoms. The topological polar surface area (TPSA) is 58.2 Å². The van der Waals surface area contributed by atoms with Crippen molar-refractivity contribution in [1.82, 2.24) is 5.32 Å². The molecule has 2 N–H and O–H groups in total. The summed E-state index contributed by atoms with van der Waals surface area (Å²) in [5.41, 5.74) is -2.51. The molecule has 4 nitrogen and oxygen atoms in total. The summed E-state index contributed by atoms with van der Waals surface area (Å²) < 4.78 is 53.7. The van der Waals surface area contributed by atoms with Crippen LogP contribution in [0.15, 0.2) is 36.4 Å². The number of hydrogen-bond acceptors (Lipinski definition) is 2. The Bertz CT molecular complexity index is 959. The first-order valence-corrected chi connectivity index (χ1v) is 8.74. The third kappa shape index (κ3) is 3.79. The monoisotopic (exact) mass is 434 g/mol. The van der Waals surface area contributed by atoms with Crippen LogP contribution in [0.4, 0.5) is 28.0 Å². The van der Waals surface area contributed by atoms with Crippen LogP contribution in [0, 0.1) is 5.82 Å². The van der Waals surface area contributed by atoms with Crippen molar-refractivity contribution in [3.05, 3.63) is 63.4 Å². The van der Waals surface area contributed by atoms with Crippen LogP contribution in [-0.4, -0.2) is 18.1 Å². The molecule has 148 valence electrons. The Labute approximate surface area is 166 Å². The van der Waals surface area contributed by atoms with E-state index < -0.39 is 29.3 Å². The molecule has 0 atom stereocenters. The summed E-state index contributed by atoms with van der Waals surface area (Å²) in [5, 5.41) is 3.65. The van der Waals surface area contributed by atoms with Gasteiger partial charge in [0.1, 0.15) is 5.82 Å². The van der Waals surface area contributed by atoms with Gasteiger partial charge < -0.3 is 5.32 Å². The molecule has 3 rings (SSSR count). The second-order valence-electron chi connectivity index (χ2n) is 6.28. The fourth-order valence-corrected chi connectivity index (χ4v) is 3.33. The lowest BCUT2D eigenvalue weighted by atomic mass is 9.93. The van der Waals surface area contributed by atoms with E-state index in [2.05, 4.69) is 5.32 Å². The fraction of sp³-hybridized carbons (Fsp3) is 0.222. The molecule has 0 unspecified atom stereocenters. The SMILES string of the molecule is O=C(NC(=O)c1cc(F)c(Cl)cc1Cl)Nc1ccccc1C1(C(F)(F)F)CC1. The van der Waals surface area contributed by atoms with Gasteiger partial charge in [-0.15, -0.1) is 0 Å². The number of alkyl halides is 3. The number of anilines is 1. The number of carbonyl (C=O) groups excluding carboxylic acids is 2. The summed E-state index contributed by atoms with van der Waals surface area (Å²) in [6.07, 6.45) is -4.64. The zero-order valence-electron chi connectivity index (χ0n) is 14.0. The molecule has 10 heteroatoms. The van der Waals surface area contributed by atoms with E-state index in [4.69, 9.17) is 23.2 Å². The maximum absolute atomic E-state index is 13.5. The van der Waals surface area contributed by atoms with Gasteiger partial charge in [0, 0.05) is 5.69 Å². The Morgan fingerprint density at radius 1 is 1.04 bits per heavy atom. The van der Waals surface area contributed by atoms with E-state index in [0.717, 1.165) is 12.1 Å². The average molecular weight is 435 g/mol. The molecular weight excluding hydrogens is 423 g/mol. The lowest BCUT2D eigenvalue weighted by Crippen LogP contribution is -2.36. The summed E-state index contributed by atoms with van der Waals surface area (Å²) in [4.78, 5) is 24.3. The van der Waals surface area contributed by atoms with Gasteiger partial charge in [-0.1, -0.05) is 41.4 Å². The van der Waals surface area contributed by atoms with Crippen molar-refractivity contribution in [1.29, 1.82) is 0 Å². The van der Waals surface area contributed by atoms with Crippen molar-refractivity contribution in [3.63, 3.8) is 0 Å². The van der Waals surface area contributed by atoms with Crippen molar-refractivity contribution in [2.24, 2.45) is 0 Å². The van der Waals surface area contributed by atoms with Gasteiger partial charge in [-0.25, -0.2) is 9.18 Å². The van der Waals surface area contributed by atoms with Crippen LogP contribution in [0.1, 0.15) is 28.8 Å². The van der Waals surface area contributed by atoms with Crippen molar-refractivity contribution < 1.29 is 27.2 Å². The number of nitrogens with one attached hydrogen (secondary N) is 2. The maximum atomic E-state index is 13.5. The van der Waals surface area contributed by atoms with Crippen molar-refractivity contribution >= 4 is 40.8 Å². The first kappa shape index (κ1) is 20.4. The largest absolute Gasteiger partial charge is 0.398 e. The van der Waals surface area contributed by atoms with Crippen LogP contribution in [-0.2, 0) is 5.41 Å². The van der Waals surface area contributed by atoms with Crippen molar-refractivity contribution in [2.75, 3.05) is 5.32 Å². The lowest BCUT2D eigenvalue weighted by molar-refractivity contribution is -0.160. The molecule has 1 aliphatic rings. The number of para-hydroxylation sites is 1. The first-order chi connectivity index (χ1) is 13.0. The molecule has 0 saturated heterocycles. The molecular formula is C18H12Cl2F4N2O2. The Morgan fingerprint density at radius 3 is 2.29 bits per heavy atom. The number of rotatable bonds is 3. The van der Waals surface area contributed by atoms with E-state index >= 15 is 0 Å². The molecule has 1 fully saturated rings. The van der Waals surface area contributed by atoms with Gasteiger partial charge in [0.05, 0.1) is 21.0 Å². The molecule has 3 amide bonds. The van der Waals surface area contributed by atoms with Crippen LogP contribution in [0.25, 0.3) is 0 Å². The zero-order valence-corrected chi connectivity index (χ0v) is 15.5. The quantitative estimate of drug-likeness (QED) is 0.481. The minimum absolute atomic E-state index is 0.0731. The van der Waals surface area contributed by atoms with E-state index in [1.807, 2.05) is 5.32 Å². The third-order valence-corrected chi connectivity index (χ3v) is 5.07. The Hall–Kier alpha value is -2.32. The molecule has 0 radical (unpaired) electrons. The molecule has 28 heavy (non-hydrogen) atoms. The third-order valence-electron chi connectivity index (χ3n) is 4.47. The number of imide groups is 1. The second-order valence-corrected chi connectivity index (χ2v) is 7.09. The highest BCUT2D eigenvalue weighted by Gasteiger charge is 2.64.